The van der Waals surface area contributed by atoms with E-state index in [0.29, 0.717) is 11.3 Å². The molecule has 1 amide bonds. The summed E-state index contributed by atoms with van der Waals surface area (Å²) in [6.07, 6.45) is 4.66. The molecule has 2 unspecified atom stereocenters. The molecule has 0 saturated heterocycles. The van der Waals surface area contributed by atoms with Crippen LogP contribution < -0.4 is 11.1 Å². The summed E-state index contributed by atoms with van der Waals surface area (Å²) in [7, 11) is -3.14. The molecule has 0 spiro atoms. The van der Waals surface area contributed by atoms with Gasteiger partial charge >= 0.3 is 0 Å². The predicted octanol–water partition coefficient (Wildman–Crippen LogP) is 2.86. The monoisotopic (exact) mass is 352 g/mol. The first-order chi connectivity index (χ1) is 11.3. The van der Waals surface area contributed by atoms with Crippen LogP contribution in [0.25, 0.3) is 0 Å². The summed E-state index contributed by atoms with van der Waals surface area (Å²) in [5.74, 6) is -0.429. The van der Waals surface area contributed by atoms with Crippen molar-refractivity contribution in [1.29, 1.82) is 0 Å². The molecule has 0 aromatic heterocycles. The van der Waals surface area contributed by atoms with Crippen molar-refractivity contribution in [2.24, 2.45) is 11.7 Å². The van der Waals surface area contributed by atoms with Crippen molar-refractivity contribution in [3.05, 3.63) is 29.8 Å². The fourth-order valence-corrected chi connectivity index (χ4v) is 4.94. The van der Waals surface area contributed by atoms with E-state index in [-0.39, 0.29) is 28.9 Å². The van der Waals surface area contributed by atoms with Gasteiger partial charge in [-0.1, -0.05) is 38.3 Å². The van der Waals surface area contributed by atoms with E-state index in [1.165, 1.54) is 0 Å². The maximum atomic E-state index is 12.6. The van der Waals surface area contributed by atoms with Crippen molar-refractivity contribution in [2.75, 3.05) is 5.32 Å². The maximum absolute atomic E-state index is 12.6. The number of benzene rings is 1. The first kappa shape index (κ1) is 18.9. The van der Waals surface area contributed by atoms with E-state index in [1.54, 1.807) is 38.1 Å². The third-order valence-electron chi connectivity index (χ3n) is 4.82. The molecule has 24 heavy (non-hydrogen) atoms. The number of sulfone groups is 1. The zero-order valence-electron chi connectivity index (χ0n) is 14.5. The van der Waals surface area contributed by atoms with Gasteiger partial charge in [0.2, 0.25) is 5.91 Å². The average molecular weight is 353 g/mol. The predicted molar refractivity (Wildman–Crippen MR) is 97.4 cm³/mol. The smallest absolute Gasteiger partial charge is 0.228 e. The second-order valence-electron chi connectivity index (χ2n) is 6.90. The summed E-state index contributed by atoms with van der Waals surface area (Å²) >= 11 is 0. The highest BCUT2D eigenvalue weighted by atomic mass is 32.2. The van der Waals surface area contributed by atoms with Crippen LogP contribution in [0.15, 0.2) is 24.3 Å². The Hall–Kier alpha value is -1.40. The van der Waals surface area contributed by atoms with Gasteiger partial charge in [0.25, 0.3) is 0 Å². The van der Waals surface area contributed by atoms with Crippen molar-refractivity contribution >= 4 is 21.4 Å². The lowest BCUT2D eigenvalue weighted by molar-refractivity contribution is -0.119. The number of hydrogen-bond donors (Lipinski definition) is 2. The molecule has 0 radical (unpaired) electrons. The average Bonchev–Trinajstić information content (AvgIpc) is 2.54. The number of amides is 1. The molecule has 2 atom stereocenters. The molecule has 1 aromatic rings. The molecule has 1 aliphatic rings. The Bertz CT molecular complexity index is 665. The van der Waals surface area contributed by atoms with Crippen LogP contribution in [0.4, 0.5) is 5.69 Å². The summed E-state index contributed by atoms with van der Waals surface area (Å²) in [4.78, 5) is 12.1. The van der Waals surface area contributed by atoms with Gasteiger partial charge in [-0.15, -0.1) is 0 Å². The second kappa shape index (κ2) is 8.12. The number of hydrogen-bond acceptors (Lipinski definition) is 4. The number of carbonyl (C=O) groups is 1. The highest BCUT2D eigenvalue weighted by Gasteiger charge is 2.27. The lowest BCUT2D eigenvalue weighted by Gasteiger charge is -2.22. The van der Waals surface area contributed by atoms with Crippen molar-refractivity contribution in [1.82, 2.24) is 0 Å². The van der Waals surface area contributed by atoms with Crippen molar-refractivity contribution in [3.63, 3.8) is 0 Å². The SMILES string of the molecule is CC(N)C(C)C(=O)Nc1cccc(CS(=O)(=O)C2CCCCC2)c1. The summed E-state index contributed by atoms with van der Waals surface area (Å²) in [5.41, 5.74) is 7.08. The van der Waals surface area contributed by atoms with Crippen molar-refractivity contribution in [2.45, 2.75) is 63.0 Å². The number of carbonyl (C=O) groups excluding carboxylic acids is 1. The maximum Gasteiger partial charge on any atom is 0.228 e. The van der Waals surface area contributed by atoms with Gasteiger partial charge in [0.05, 0.1) is 16.9 Å². The zero-order valence-corrected chi connectivity index (χ0v) is 15.3. The Kier molecular flexibility index (Phi) is 6.40. The molecule has 0 bridgehead atoms. The van der Waals surface area contributed by atoms with E-state index in [4.69, 9.17) is 5.73 Å². The van der Waals surface area contributed by atoms with Gasteiger partial charge in [0.15, 0.2) is 9.84 Å². The first-order valence-corrected chi connectivity index (χ1v) is 10.4. The molecule has 1 aliphatic carbocycles. The normalized spacial score (nSPS) is 18.8. The standard InChI is InChI=1S/C18H28N2O3S/c1-13(14(2)19)18(21)20-16-8-6-7-15(11-16)12-24(22,23)17-9-4-3-5-10-17/h6-8,11,13-14,17H,3-5,9-10,12,19H2,1-2H3,(H,20,21). The molecule has 1 fully saturated rings. The minimum Gasteiger partial charge on any atom is -0.327 e. The van der Waals surface area contributed by atoms with Gasteiger partial charge in [-0.2, -0.15) is 0 Å². The molecule has 6 heteroatoms. The van der Waals surface area contributed by atoms with Gasteiger partial charge in [-0.3, -0.25) is 4.79 Å². The Morgan fingerprint density at radius 1 is 1.25 bits per heavy atom. The molecule has 2 rings (SSSR count). The van der Waals surface area contributed by atoms with E-state index >= 15 is 0 Å². The van der Waals surface area contributed by atoms with E-state index < -0.39 is 9.84 Å². The van der Waals surface area contributed by atoms with E-state index in [1.807, 2.05) is 0 Å². The van der Waals surface area contributed by atoms with Crippen LogP contribution in [0.2, 0.25) is 0 Å². The molecular weight excluding hydrogens is 324 g/mol. The molecule has 5 nitrogen and oxygen atoms in total. The molecule has 1 aromatic carbocycles. The van der Waals surface area contributed by atoms with E-state index in [0.717, 1.165) is 32.1 Å². The number of rotatable bonds is 6. The lowest BCUT2D eigenvalue weighted by Crippen LogP contribution is -2.34. The quantitative estimate of drug-likeness (QED) is 0.824. The van der Waals surface area contributed by atoms with E-state index in [2.05, 4.69) is 5.32 Å². The van der Waals surface area contributed by atoms with Gasteiger partial charge in [-0.05, 0) is 37.5 Å². The zero-order chi connectivity index (χ0) is 17.7. The molecular formula is C18H28N2O3S. The molecule has 0 heterocycles. The molecule has 134 valence electrons. The topological polar surface area (TPSA) is 89.3 Å². The highest BCUT2D eigenvalue weighted by Crippen LogP contribution is 2.26. The summed E-state index contributed by atoms with van der Waals surface area (Å²) < 4.78 is 25.2. The van der Waals surface area contributed by atoms with Crippen LogP contribution in [0.1, 0.15) is 51.5 Å². The third kappa shape index (κ3) is 5.05. The third-order valence-corrected chi connectivity index (χ3v) is 7.05. The number of nitrogens with one attached hydrogen (secondary N) is 1. The number of anilines is 1. The highest BCUT2D eigenvalue weighted by molar-refractivity contribution is 7.91. The van der Waals surface area contributed by atoms with Crippen LogP contribution >= 0.6 is 0 Å². The Morgan fingerprint density at radius 3 is 2.54 bits per heavy atom. The largest absolute Gasteiger partial charge is 0.327 e. The first-order valence-electron chi connectivity index (χ1n) is 8.66. The van der Waals surface area contributed by atoms with Gasteiger partial charge in [0.1, 0.15) is 0 Å². The molecule has 0 aliphatic heterocycles. The van der Waals surface area contributed by atoms with Crippen LogP contribution in [-0.4, -0.2) is 25.6 Å². The fraction of sp³-hybridized carbons (Fsp3) is 0.611. The number of nitrogens with two attached hydrogens (primary N) is 1. The molecule has 3 N–H and O–H groups in total. The van der Waals surface area contributed by atoms with Crippen LogP contribution in [-0.2, 0) is 20.4 Å². The minimum absolute atomic E-state index is 0.0320. The van der Waals surface area contributed by atoms with E-state index in [9.17, 15) is 13.2 Å². The van der Waals surface area contributed by atoms with Gasteiger partial charge in [0, 0.05) is 11.7 Å². The molecule has 1 saturated carbocycles. The van der Waals surface area contributed by atoms with Crippen molar-refractivity contribution in [3.8, 4) is 0 Å². The van der Waals surface area contributed by atoms with Crippen LogP contribution in [0.5, 0.6) is 0 Å². The van der Waals surface area contributed by atoms with Crippen molar-refractivity contribution < 1.29 is 13.2 Å². The van der Waals surface area contributed by atoms with Crippen LogP contribution in [0, 0.1) is 5.92 Å². The van der Waals surface area contributed by atoms with Gasteiger partial charge < -0.3 is 11.1 Å². The Labute approximate surface area is 144 Å². The van der Waals surface area contributed by atoms with Gasteiger partial charge in [-0.25, -0.2) is 8.42 Å². The lowest BCUT2D eigenvalue weighted by atomic mass is 10.0. The second-order valence-corrected chi connectivity index (χ2v) is 9.19. The Morgan fingerprint density at radius 2 is 1.92 bits per heavy atom. The summed E-state index contributed by atoms with van der Waals surface area (Å²) in [6.45, 7) is 3.56. The summed E-state index contributed by atoms with van der Waals surface area (Å²) in [5, 5.41) is 2.60. The minimum atomic E-state index is -3.14. The van der Waals surface area contributed by atoms with Crippen LogP contribution in [0.3, 0.4) is 0 Å². The summed E-state index contributed by atoms with van der Waals surface area (Å²) in [6, 6.07) is 6.84. The fourth-order valence-electron chi connectivity index (χ4n) is 3.01. The Balaban J connectivity index is 2.06.